The maximum absolute atomic E-state index is 12.5. The first-order valence-corrected chi connectivity index (χ1v) is 8.40. The number of benzene rings is 1. The van der Waals surface area contributed by atoms with Gasteiger partial charge in [0.15, 0.2) is 0 Å². The van der Waals surface area contributed by atoms with E-state index in [-0.39, 0.29) is 5.91 Å². The van der Waals surface area contributed by atoms with Crippen molar-refractivity contribution in [2.24, 2.45) is 7.05 Å². The van der Waals surface area contributed by atoms with Gasteiger partial charge >= 0.3 is 0 Å². The second kappa shape index (κ2) is 7.77. The largest absolute Gasteiger partial charge is 0.494 e. The summed E-state index contributed by atoms with van der Waals surface area (Å²) < 4.78 is 7.02. The molecule has 2 aromatic heterocycles. The third-order valence-corrected chi connectivity index (χ3v) is 3.86. The van der Waals surface area contributed by atoms with Crippen molar-refractivity contribution in [3.63, 3.8) is 0 Å². The minimum atomic E-state index is -0.201. The van der Waals surface area contributed by atoms with Crippen LogP contribution in [0.3, 0.4) is 0 Å². The number of nitrogens with one attached hydrogen (secondary N) is 1. The van der Waals surface area contributed by atoms with Gasteiger partial charge < -0.3 is 10.1 Å². The second-order valence-corrected chi connectivity index (χ2v) is 5.83. The average Bonchev–Trinajstić information content (AvgIpc) is 3.02. The zero-order valence-corrected chi connectivity index (χ0v) is 15.1. The molecule has 1 amide bonds. The van der Waals surface area contributed by atoms with Gasteiger partial charge in [0, 0.05) is 18.3 Å². The van der Waals surface area contributed by atoms with Crippen LogP contribution in [0.1, 0.15) is 28.8 Å². The predicted molar refractivity (Wildman–Crippen MR) is 97.8 cm³/mol. The molecule has 0 saturated carbocycles. The highest BCUT2D eigenvalue weighted by molar-refractivity contribution is 5.93. The van der Waals surface area contributed by atoms with E-state index < -0.39 is 0 Å². The Morgan fingerprint density at radius 2 is 1.96 bits per heavy atom. The molecule has 0 aliphatic rings. The van der Waals surface area contributed by atoms with Gasteiger partial charge in [-0.2, -0.15) is 5.10 Å². The summed E-state index contributed by atoms with van der Waals surface area (Å²) in [7, 11) is 1.75. The third kappa shape index (κ3) is 4.05. The lowest BCUT2D eigenvalue weighted by Crippen LogP contribution is -2.25. The van der Waals surface area contributed by atoms with Crippen LogP contribution in [0.15, 0.2) is 42.7 Å². The fourth-order valence-corrected chi connectivity index (χ4v) is 2.58. The molecule has 0 aliphatic heterocycles. The van der Waals surface area contributed by atoms with Crippen molar-refractivity contribution < 1.29 is 9.53 Å². The quantitative estimate of drug-likeness (QED) is 0.738. The van der Waals surface area contributed by atoms with Crippen LogP contribution in [0, 0.1) is 6.92 Å². The van der Waals surface area contributed by atoms with E-state index in [1.165, 1.54) is 6.33 Å². The van der Waals surface area contributed by atoms with Crippen LogP contribution in [-0.2, 0) is 13.6 Å². The zero-order chi connectivity index (χ0) is 18.5. The van der Waals surface area contributed by atoms with Crippen LogP contribution in [0.4, 0.5) is 0 Å². The monoisotopic (exact) mass is 351 g/mol. The van der Waals surface area contributed by atoms with Gasteiger partial charge in [0.1, 0.15) is 17.8 Å². The summed E-state index contributed by atoms with van der Waals surface area (Å²) in [5.41, 5.74) is 3.77. The van der Waals surface area contributed by atoms with Crippen LogP contribution in [0.25, 0.3) is 11.3 Å². The van der Waals surface area contributed by atoms with E-state index in [1.54, 1.807) is 17.8 Å². The molecule has 7 nitrogen and oxygen atoms in total. The van der Waals surface area contributed by atoms with E-state index in [0.717, 1.165) is 28.4 Å². The molecule has 3 aromatic rings. The van der Waals surface area contributed by atoms with Crippen LogP contribution >= 0.6 is 0 Å². The lowest BCUT2D eigenvalue weighted by atomic mass is 10.1. The number of nitrogens with zero attached hydrogens (tertiary/aromatic N) is 4. The number of rotatable bonds is 6. The summed E-state index contributed by atoms with van der Waals surface area (Å²) in [6.07, 6.45) is 1.49. The van der Waals surface area contributed by atoms with E-state index in [9.17, 15) is 4.79 Å². The summed E-state index contributed by atoms with van der Waals surface area (Å²) in [5, 5.41) is 7.30. The second-order valence-electron chi connectivity index (χ2n) is 5.83. The first-order chi connectivity index (χ1) is 12.6. The summed E-state index contributed by atoms with van der Waals surface area (Å²) in [5.74, 6) is 0.610. The summed E-state index contributed by atoms with van der Waals surface area (Å²) >= 11 is 0. The SMILES string of the molecule is CCOc1ccc(-c2cc(C(=O)NCc3cc(C)ncn3)n(C)n2)cc1. The fraction of sp³-hybridized carbons (Fsp3) is 0.263. The Hall–Kier alpha value is -3.22. The molecular formula is C19H21N5O2. The van der Waals surface area contributed by atoms with Crippen LogP contribution < -0.4 is 10.1 Å². The van der Waals surface area contributed by atoms with Gasteiger partial charge in [0.25, 0.3) is 5.91 Å². The number of carbonyl (C=O) groups is 1. The Morgan fingerprint density at radius 3 is 2.65 bits per heavy atom. The Morgan fingerprint density at radius 1 is 1.19 bits per heavy atom. The van der Waals surface area contributed by atoms with Crippen molar-refractivity contribution in [3.05, 3.63) is 59.8 Å². The van der Waals surface area contributed by atoms with Gasteiger partial charge in [0.2, 0.25) is 0 Å². The molecule has 7 heteroatoms. The first kappa shape index (κ1) is 17.6. The first-order valence-electron chi connectivity index (χ1n) is 8.40. The maximum atomic E-state index is 12.5. The van der Waals surface area contributed by atoms with Gasteiger partial charge in [-0.15, -0.1) is 0 Å². The number of hydrogen-bond acceptors (Lipinski definition) is 5. The van der Waals surface area contributed by atoms with Crippen molar-refractivity contribution in [2.45, 2.75) is 20.4 Å². The predicted octanol–water partition coefficient (Wildman–Crippen LogP) is 2.51. The zero-order valence-electron chi connectivity index (χ0n) is 15.1. The van der Waals surface area contributed by atoms with Crippen LogP contribution in [0.5, 0.6) is 5.75 Å². The Balaban J connectivity index is 1.71. The molecule has 1 aromatic carbocycles. The Bertz CT molecular complexity index is 903. The lowest BCUT2D eigenvalue weighted by molar-refractivity contribution is 0.0941. The number of aryl methyl sites for hydroxylation is 2. The molecule has 0 atom stereocenters. The van der Waals surface area contributed by atoms with E-state index in [2.05, 4.69) is 20.4 Å². The van der Waals surface area contributed by atoms with Crippen molar-refractivity contribution in [3.8, 4) is 17.0 Å². The smallest absolute Gasteiger partial charge is 0.269 e. The molecular weight excluding hydrogens is 330 g/mol. The molecule has 0 unspecified atom stereocenters. The van der Waals surface area contributed by atoms with E-state index >= 15 is 0 Å². The minimum Gasteiger partial charge on any atom is -0.494 e. The van der Waals surface area contributed by atoms with E-state index in [0.29, 0.717) is 18.8 Å². The average molecular weight is 351 g/mol. The molecule has 3 rings (SSSR count). The standard InChI is InChI=1S/C19H21N5O2/c1-4-26-16-7-5-14(6-8-16)17-10-18(24(3)23-17)19(25)20-11-15-9-13(2)21-12-22-15/h5-10,12H,4,11H2,1-3H3,(H,20,25). The molecule has 0 aliphatic carbocycles. The number of carbonyl (C=O) groups excluding carboxylic acids is 1. The number of ether oxygens (including phenoxy) is 1. The number of amides is 1. The van der Waals surface area contributed by atoms with Crippen molar-refractivity contribution >= 4 is 5.91 Å². The van der Waals surface area contributed by atoms with Crippen molar-refractivity contribution in [2.75, 3.05) is 6.61 Å². The van der Waals surface area contributed by atoms with Gasteiger partial charge in [-0.05, 0) is 50.2 Å². The van der Waals surface area contributed by atoms with Gasteiger partial charge in [0.05, 0.1) is 24.5 Å². The molecule has 26 heavy (non-hydrogen) atoms. The molecule has 0 spiro atoms. The highest BCUT2D eigenvalue weighted by Gasteiger charge is 2.14. The summed E-state index contributed by atoms with van der Waals surface area (Å²) in [6, 6.07) is 11.3. The molecule has 0 radical (unpaired) electrons. The molecule has 1 N–H and O–H groups in total. The minimum absolute atomic E-state index is 0.201. The van der Waals surface area contributed by atoms with Crippen LogP contribution in [0.2, 0.25) is 0 Å². The molecule has 0 fully saturated rings. The van der Waals surface area contributed by atoms with Gasteiger partial charge in [-0.1, -0.05) is 0 Å². The molecule has 0 saturated heterocycles. The highest BCUT2D eigenvalue weighted by Crippen LogP contribution is 2.22. The topological polar surface area (TPSA) is 81.9 Å². The summed E-state index contributed by atoms with van der Waals surface area (Å²) in [4.78, 5) is 20.7. The van der Waals surface area contributed by atoms with Crippen LogP contribution in [-0.4, -0.2) is 32.3 Å². The normalized spacial score (nSPS) is 10.6. The summed E-state index contributed by atoms with van der Waals surface area (Å²) in [6.45, 7) is 4.79. The van der Waals surface area contributed by atoms with E-state index in [1.807, 2.05) is 44.2 Å². The lowest BCUT2D eigenvalue weighted by Gasteiger charge is -2.05. The maximum Gasteiger partial charge on any atom is 0.269 e. The third-order valence-electron chi connectivity index (χ3n) is 3.86. The Kier molecular flexibility index (Phi) is 5.26. The van der Waals surface area contributed by atoms with Gasteiger partial charge in [-0.25, -0.2) is 9.97 Å². The Labute approximate surface area is 152 Å². The van der Waals surface area contributed by atoms with E-state index in [4.69, 9.17) is 4.74 Å². The number of hydrogen-bond donors (Lipinski definition) is 1. The molecule has 0 bridgehead atoms. The van der Waals surface area contributed by atoms with Crippen molar-refractivity contribution in [1.82, 2.24) is 25.1 Å². The molecule has 134 valence electrons. The van der Waals surface area contributed by atoms with Crippen molar-refractivity contribution in [1.29, 1.82) is 0 Å². The fourth-order valence-electron chi connectivity index (χ4n) is 2.58. The molecule has 2 heterocycles. The van der Waals surface area contributed by atoms with Gasteiger partial charge in [-0.3, -0.25) is 9.48 Å². The highest BCUT2D eigenvalue weighted by atomic mass is 16.5. The number of aromatic nitrogens is 4.